The van der Waals surface area contributed by atoms with Crippen molar-refractivity contribution in [2.45, 2.75) is 13.8 Å². The molecule has 0 aliphatic heterocycles. The number of carbonyl (C=O) groups excluding carboxylic acids is 1. The number of benzene rings is 1. The van der Waals surface area contributed by atoms with Gasteiger partial charge in [-0.25, -0.2) is 4.79 Å². The highest BCUT2D eigenvalue weighted by Crippen LogP contribution is 2.17. The third kappa shape index (κ3) is 2.54. The Kier molecular flexibility index (Phi) is 3.68. The number of rotatable bonds is 1. The maximum Gasteiger partial charge on any atom is 0.342 e. The zero-order chi connectivity index (χ0) is 13.3. The monoisotopic (exact) mass is 326 g/mol. The number of halogens is 1. The van der Waals surface area contributed by atoms with Crippen molar-refractivity contribution in [1.29, 1.82) is 0 Å². The molecule has 0 radical (unpaired) electrons. The van der Waals surface area contributed by atoms with Crippen molar-refractivity contribution >= 4 is 39.2 Å². The average Bonchev–Trinajstić information content (AvgIpc) is 2.60. The third-order valence-corrected chi connectivity index (χ3v) is 4.59. The van der Waals surface area contributed by atoms with Gasteiger partial charge in [-0.2, -0.15) is 3.96 Å². The van der Waals surface area contributed by atoms with Crippen molar-refractivity contribution in [3.05, 3.63) is 49.5 Å². The molecule has 6 heteroatoms. The second kappa shape index (κ2) is 5.07. The fourth-order valence-electron chi connectivity index (χ4n) is 1.40. The van der Waals surface area contributed by atoms with E-state index < -0.39 is 6.03 Å². The van der Waals surface area contributed by atoms with E-state index in [-0.39, 0.29) is 5.56 Å². The second-order valence-electron chi connectivity index (χ2n) is 3.86. The van der Waals surface area contributed by atoms with E-state index in [2.05, 4.69) is 21.2 Å². The average molecular weight is 327 g/mol. The van der Waals surface area contributed by atoms with Gasteiger partial charge in [0.1, 0.15) is 0 Å². The minimum absolute atomic E-state index is 0.331. The molecule has 1 aromatic carbocycles. The first-order valence-corrected chi connectivity index (χ1v) is 6.82. The number of hydrogen-bond donors (Lipinski definition) is 1. The van der Waals surface area contributed by atoms with Crippen LogP contribution in [0.4, 0.5) is 10.5 Å². The number of hydrogen-bond acceptors (Lipinski definition) is 3. The molecule has 0 saturated heterocycles. The van der Waals surface area contributed by atoms with Crippen LogP contribution in [-0.4, -0.2) is 9.99 Å². The summed E-state index contributed by atoms with van der Waals surface area (Å²) in [6.07, 6.45) is 0. The van der Waals surface area contributed by atoms with Gasteiger partial charge < -0.3 is 5.32 Å². The van der Waals surface area contributed by atoms with Crippen LogP contribution in [0.5, 0.6) is 0 Å². The van der Waals surface area contributed by atoms with Gasteiger partial charge in [0.05, 0.1) is 4.47 Å². The smallest absolute Gasteiger partial charge is 0.306 e. The highest BCUT2D eigenvalue weighted by molar-refractivity contribution is 9.10. The fourth-order valence-corrected chi connectivity index (χ4v) is 2.66. The van der Waals surface area contributed by atoms with E-state index in [1.165, 1.54) is 0 Å². The van der Waals surface area contributed by atoms with Gasteiger partial charge in [-0.1, -0.05) is 29.2 Å². The first-order valence-electron chi connectivity index (χ1n) is 5.25. The molecule has 18 heavy (non-hydrogen) atoms. The molecular weight excluding hydrogens is 316 g/mol. The van der Waals surface area contributed by atoms with E-state index in [1.807, 2.05) is 19.1 Å². The molecule has 0 spiro atoms. The van der Waals surface area contributed by atoms with Crippen LogP contribution in [0.2, 0.25) is 0 Å². The van der Waals surface area contributed by atoms with E-state index in [0.29, 0.717) is 10.2 Å². The minimum Gasteiger partial charge on any atom is -0.306 e. The number of amides is 1. The molecule has 1 heterocycles. The molecule has 0 aliphatic carbocycles. The lowest BCUT2D eigenvalue weighted by Crippen LogP contribution is -2.26. The van der Waals surface area contributed by atoms with E-state index in [4.69, 9.17) is 0 Å². The van der Waals surface area contributed by atoms with Crippen LogP contribution in [0.25, 0.3) is 0 Å². The summed E-state index contributed by atoms with van der Waals surface area (Å²) < 4.78 is 1.53. The van der Waals surface area contributed by atoms with Crippen molar-refractivity contribution in [3.63, 3.8) is 0 Å². The Morgan fingerprint density at radius 1 is 1.28 bits per heavy atom. The Morgan fingerprint density at radius 3 is 2.39 bits per heavy atom. The predicted molar refractivity (Wildman–Crippen MR) is 76.6 cm³/mol. The van der Waals surface area contributed by atoms with Crippen LogP contribution < -0.4 is 10.9 Å². The molecule has 0 fully saturated rings. The molecule has 1 amide bonds. The van der Waals surface area contributed by atoms with Gasteiger partial charge in [0.15, 0.2) is 0 Å². The summed E-state index contributed by atoms with van der Waals surface area (Å²) in [5, 5.41) is 2.68. The molecule has 1 aromatic heterocycles. The molecule has 1 N–H and O–H groups in total. The lowest BCUT2D eigenvalue weighted by molar-refractivity contribution is 0.255. The summed E-state index contributed by atoms with van der Waals surface area (Å²) in [5.41, 5.74) is 1.45. The van der Waals surface area contributed by atoms with Crippen molar-refractivity contribution in [3.8, 4) is 0 Å². The Balaban J connectivity index is 2.25. The number of aromatic nitrogens is 1. The number of carbonyl (C=O) groups is 1. The Labute approximate surface area is 117 Å². The lowest BCUT2D eigenvalue weighted by Gasteiger charge is -2.04. The van der Waals surface area contributed by atoms with Gasteiger partial charge in [-0.15, -0.1) is 0 Å². The summed E-state index contributed by atoms with van der Waals surface area (Å²) in [4.78, 5) is 24.4. The van der Waals surface area contributed by atoms with Gasteiger partial charge >= 0.3 is 6.03 Å². The van der Waals surface area contributed by atoms with Crippen LogP contribution in [0, 0.1) is 13.8 Å². The van der Waals surface area contributed by atoms with Crippen LogP contribution >= 0.6 is 27.5 Å². The van der Waals surface area contributed by atoms with Crippen molar-refractivity contribution in [2.24, 2.45) is 0 Å². The Morgan fingerprint density at radius 2 is 1.89 bits per heavy atom. The van der Waals surface area contributed by atoms with Crippen LogP contribution in [0.15, 0.2) is 33.5 Å². The summed E-state index contributed by atoms with van der Waals surface area (Å²) in [6, 6.07) is 6.95. The minimum atomic E-state index is -0.442. The molecule has 0 aliphatic rings. The van der Waals surface area contributed by atoms with E-state index in [1.54, 1.807) is 19.1 Å². The molecule has 0 saturated carbocycles. The molecule has 94 valence electrons. The maximum absolute atomic E-state index is 11.9. The third-order valence-electron chi connectivity index (χ3n) is 2.40. The number of anilines is 1. The summed E-state index contributed by atoms with van der Waals surface area (Å²) >= 11 is 4.28. The topological polar surface area (TPSA) is 51.1 Å². The van der Waals surface area contributed by atoms with E-state index in [0.717, 1.165) is 25.9 Å². The number of nitrogens with one attached hydrogen (secondary N) is 1. The zero-order valence-electron chi connectivity index (χ0n) is 9.86. The van der Waals surface area contributed by atoms with Crippen LogP contribution in [0.3, 0.4) is 0 Å². The van der Waals surface area contributed by atoms with Crippen molar-refractivity contribution in [1.82, 2.24) is 3.96 Å². The lowest BCUT2D eigenvalue weighted by atomic mass is 10.2. The van der Waals surface area contributed by atoms with E-state index in [9.17, 15) is 9.59 Å². The van der Waals surface area contributed by atoms with E-state index >= 15 is 0 Å². The first kappa shape index (κ1) is 13.0. The van der Waals surface area contributed by atoms with Gasteiger partial charge in [0.25, 0.3) is 5.56 Å². The van der Waals surface area contributed by atoms with Crippen molar-refractivity contribution < 1.29 is 4.79 Å². The second-order valence-corrected chi connectivity index (χ2v) is 5.81. The molecule has 0 atom stereocenters. The Bertz CT molecular complexity index is 643. The molecule has 4 nitrogen and oxygen atoms in total. The Hall–Kier alpha value is -1.40. The van der Waals surface area contributed by atoms with Gasteiger partial charge in [-0.3, -0.25) is 4.79 Å². The normalized spacial score (nSPS) is 10.4. The number of aryl methyl sites for hydroxylation is 2. The summed E-state index contributed by atoms with van der Waals surface area (Å²) in [5.74, 6) is 0. The fraction of sp³-hybridized carbons (Fsp3) is 0.167. The first-order chi connectivity index (χ1) is 8.49. The highest BCUT2D eigenvalue weighted by atomic mass is 79.9. The largest absolute Gasteiger partial charge is 0.342 e. The molecule has 0 bridgehead atoms. The SMILES string of the molecule is Cc1ccc(NC(=O)n2sc(C)c(Br)c2=O)cc1. The van der Waals surface area contributed by atoms with Gasteiger partial charge in [-0.05, 0) is 41.9 Å². The maximum atomic E-state index is 11.9. The quantitative estimate of drug-likeness (QED) is 0.873. The van der Waals surface area contributed by atoms with Crippen LogP contribution in [0.1, 0.15) is 10.4 Å². The number of nitrogens with zero attached hydrogens (tertiary/aromatic N) is 1. The molecular formula is C12H11BrN2O2S. The van der Waals surface area contributed by atoms with Crippen molar-refractivity contribution in [2.75, 3.05) is 5.32 Å². The van der Waals surface area contributed by atoms with Gasteiger partial charge in [0, 0.05) is 10.6 Å². The molecule has 2 rings (SSSR count). The summed E-state index contributed by atoms with van der Waals surface area (Å²) in [7, 11) is 0. The molecule has 0 unspecified atom stereocenters. The van der Waals surface area contributed by atoms with Crippen LogP contribution in [-0.2, 0) is 0 Å². The highest BCUT2D eigenvalue weighted by Gasteiger charge is 2.14. The van der Waals surface area contributed by atoms with Gasteiger partial charge in [0.2, 0.25) is 0 Å². The predicted octanol–water partition coefficient (Wildman–Crippen LogP) is 3.37. The zero-order valence-corrected chi connectivity index (χ0v) is 12.3. The summed E-state index contributed by atoms with van der Waals surface area (Å²) in [6.45, 7) is 3.75. The molecule has 2 aromatic rings. The standard InChI is InChI=1S/C12H11BrN2O2S/c1-7-3-5-9(6-4-7)14-12(17)15-11(16)10(13)8(2)18-15/h3-6H,1-2H3,(H,14,17).